The molecule has 0 radical (unpaired) electrons. The lowest BCUT2D eigenvalue weighted by Gasteiger charge is -2.01. The lowest BCUT2D eigenvalue weighted by Crippen LogP contribution is -2.00. The quantitative estimate of drug-likeness (QED) is 0.797. The molecule has 18 heavy (non-hydrogen) atoms. The highest BCUT2D eigenvalue weighted by molar-refractivity contribution is 9.10. The van der Waals surface area contributed by atoms with E-state index in [0.717, 1.165) is 17.4 Å². The fraction of sp³-hybridized carbons (Fsp3) is 0.231. The van der Waals surface area contributed by atoms with Crippen LogP contribution in [0, 0.1) is 0 Å². The lowest BCUT2D eigenvalue weighted by atomic mass is 10.1. The molecule has 2 rings (SSSR count). The van der Waals surface area contributed by atoms with Crippen LogP contribution in [0.25, 0.3) is 0 Å². The van der Waals surface area contributed by atoms with Gasteiger partial charge in [0.05, 0.1) is 16.8 Å². The third-order valence-electron chi connectivity index (χ3n) is 2.53. The fourth-order valence-corrected chi connectivity index (χ4v) is 2.13. The molecule has 0 aliphatic rings. The van der Waals surface area contributed by atoms with Crippen molar-refractivity contribution in [2.75, 3.05) is 0 Å². The van der Waals surface area contributed by atoms with E-state index >= 15 is 0 Å². The zero-order valence-electron chi connectivity index (χ0n) is 9.86. The molecule has 0 N–H and O–H groups in total. The van der Waals surface area contributed by atoms with Crippen molar-refractivity contribution in [1.82, 2.24) is 9.78 Å². The second-order valence-corrected chi connectivity index (χ2v) is 5.21. The van der Waals surface area contributed by atoms with Gasteiger partial charge in [0.2, 0.25) is 0 Å². The van der Waals surface area contributed by atoms with Gasteiger partial charge in [-0.1, -0.05) is 18.5 Å². The van der Waals surface area contributed by atoms with E-state index in [9.17, 15) is 4.79 Å². The molecule has 0 fully saturated rings. The number of halogens is 2. The first-order chi connectivity index (χ1) is 8.61. The summed E-state index contributed by atoms with van der Waals surface area (Å²) in [7, 11) is 0. The van der Waals surface area contributed by atoms with Crippen LogP contribution in [0.1, 0.15) is 29.3 Å². The number of nitrogens with zero attached hydrogens (tertiary/aromatic N) is 2. The maximum absolute atomic E-state index is 12.2. The minimum Gasteiger partial charge on any atom is -0.288 e. The van der Waals surface area contributed by atoms with Crippen LogP contribution in [0.2, 0.25) is 5.02 Å². The number of hydrogen-bond donors (Lipinski definition) is 0. The number of ketones is 1. The standard InChI is InChI=1S/C13H12BrClN2O/c1-2-5-17-8-10(7-16-17)13(18)9-3-4-12(15)11(14)6-9/h3-4,6-8H,2,5H2,1H3. The summed E-state index contributed by atoms with van der Waals surface area (Å²) in [6.45, 7) is 2.89. The Labute approximate surface area is 119 Å². The van der Waals surface area contributed by atoms with Crippen molar-refractivity contribution in [3.63, 3.8) is 0 Å². The van der Waals surface area contributed by atoms with Crippen LogP contribution in [-0.4, -0.2) is 15.6 Å². The van der Waals surface area contributed by atoms with Gasteiger partial charge < -0.3 is 0 Å². The van der Waals surface area contributed by atoms with Gasteiger partial charge >= 0.3 is 0 Å². The molecule has 1 aromatic heterocycles. The Morgan fingerprint density at radius 2 is 2.22 bits per heavy atom. The van der Waals surface area contributed by atoms with Gasteiger partial charge in [-0.2, -0.15) is 5.10 Å². The Morgan fingerprint density at radius 3 is 2.89 bits per heavy atom. The first-order valence-corrected chi connectivity index (χ1v) is 6.81. The van der Waals surface area contributed by atoms with Crippen LogP contribution in [0.4, 0.5) is 0 Å². The predicted molar refractivity (Wildman–Crippen MR) is 75.1 cm³/mol. The number of aryl methyl sites for hydroxylation is 1. The minimum atomic E-state index is -0.0466. The Morgan fingerprint density at radius 1 is 1.44 bits per heavy atom. The molecule has 0 aliphatic carbocycles. The Hall–Kier alpha value is -1.13. The second-order valence-electron chi connectivity index (χ2n) is 3.95. The molecular weight excluding hydrogens is 316 g/mol. The number of aromatic nitrogens is 2. The number of carbonyl (C=O) groups excluding carboxylic acids is 1. The Kier molecular flexibility index (Phi) is 4.19. The highest BCUT2D eigenvalue weighted by atomic mass is 79.9. The van der Waals surface area contributed by atoms with Crippen molar-refractivity contribution in [3.05, 3.63) is 51.2 Å². The smallest absolute Gasteiger partial charge is 0.196 e. The monoisotopic (exact) mass is 326 g/mol. The normalized spacial score (nSPS) is 10.6. The lowest BCUT2D eigenvalue weighted by molar-refractivity contribution is 0.103. The Bertz CT molecular complexity index is 580. The van der Waals surface area contributed by atoms with Crippen molar-refractivity contribution < 1.29 is 4.79 Å². The summed E-state index contributed by atoms with van der Waals surface area (Å²) in [5, 5.41) is 4.74. The molecular formula is C13H12BrClN2O. The molecule has 1 heterocycles. The van der Waals surface area contributed by atoms with E-state index < -0.39 is 0 Å². The number of rotatable bonds is 4. The van der Waals surface area contributed by atoms with Gasteiger partial charge in [-0.25, -0.2) is 0 Å². The summed E-state index contributed by atoms with van der Waals surface area (Å²) in [6.07, 6.45) is 4.36. The molecule has 1 aromatic carbocycles. The van der Waals surface area contributed by atoms with E-state index in [1.54, 1.807) is 35.3 Å². The molecule has 0 amide bonds. The van der Waals surface area contributed by atoms with E-state index in [-0.39, 0.29) is 5.78 Å². The van der Waals surface area contributed by atoms with Crippen LogP contribution < -0.4 is 0 Å². The summed E-state index contributed by atoms with van der Waals surface area (Å²) in [6, 6.07) is 5.14. The van der Waals surface area contributed by atoms with E-state index in [1.165, 1.54) is 0 Å². The zero-order valence-corrected chi connectivity index (χ0v) is 12.2. The summed E-state index contributed by atoms with van der Waals surface area (Å²) in [5.41, 5.74) is 1.19. The van der Waals surface area contributed by atoms with E-state index in [4.69, 9.17) is 11.6 Å². The molecule has 94 valence electrons. The number of carbonyl (C=O) groups is 1. The van der Waals surface area contributed by atoms with Crippen LogP contribution in [-0.2, 0) is 6.54 Å². The third kappa shape index (κ3) is 2.82. The van der Waals surface area contributed by atoms with Gasteiger partial charge in [-0.15, -0.1) is 0 Å². The fourth-order valence-electron chi connectivity index (χ4n) is 1.64. The maximum Gasteiger partial charge on any atom is 0.196 e. The van der Waals surface area contributed by atoms with Crippen LogP contribution in [0.15, 0.2) is 35.1 Å². The summed E-state index contributed by atoms with van der Waals surface area (Å²) < 4.78 is 2.49. The zero-order chi connectivity index (χ0) is 13.1. The van der Waals surface area contributed by atoms with Crippen LogP contribution >= 0.6 is 27.5 Å². The Balaban J connectivity index is 2.26. The molecule has 5 heteroatoms. The first-order valence-electron chi connectivity index (χ1n) is 5.64. The molecule has 3 nitrogen and oxygen atoms in total. The van der Waals surface area contributed by atoms with E-state index in [2.05, 4.69) is 28.0 Å². The van der Waals surface area contributed by atoms with Crippen LogP contribution in [0.5, 0.6) is 0 Å². The maximum atomic E-state index is 12.2. The topological polar surface area (TPSA) is 34.9 Å². The van der Waals surface area contributed by atoms with Gasteiger partial charge in [0.1, 0.15) is 0 Å². The summed E-state index contributed by atoms with van der Waals surface area (Å²) >= 11 is 9.21. The van der Waals surface area contributed by atoms with Gasteiger partial charge in [0, 0.05) is 22.8 Å². The van der Waals surface area contributed by atoms with Crippen molar-refractivity contribution in [1.29, 1.82) is 0 Å². The second kappa shape index (κ2) is 5.67. The summed E-state index contributed by atoms with van der Waals surface area (Å²) in [5.74, 6) is -0.0466. The number of benzene rings is 1. The molecule has 0 saturated heterocycles. The highest BCUT2D eigenvalue weighted by Crippen LogP contribution is 2.24. The predicted octanol–water partition coefficient (Wildman–Crippen LogP) is 3.94. The van der Waals surface area contributed by atoms with Gasteiger partial charge in [0.15, 0.2) is 5.78 Å². The SMILES string of the molecule is CCCn1cc(C(=O)c2ccc(Cl)c(Br)c2)cn1. The van der Waals surface area contributed by atoms with Gasteiger partial charge in [0.25, 0.3) is 0 Å². The molecule has 2 aromatic rings. The van der Waals surface area contributed by atoms with Crippen molar-refractivity contribution in [3.8, 4) is 0 Å². The van der Waals surface area contributed by atoms with E-state index in [1.807, 2.05) is 0 Å². The van der Waals surface area contributed by atoms with Crippen LogP contribution in [0.3, 0.4) is 0 Å². The van der Waals surface area contributed by atoms with E-state index in [0.29, 0.717) is 16.1 Å². The van der Waals surface area contributed by atoms with Crippen molar-refractivity contribution >= 4 is 33.3 Å². The molecule has 0 saturated carbocycles. The largest absolute Gasteiger partial charge is 0.288 e. The highest BCUT2D eigenvalue weighted by Gasteiger charge is 2.12. The van der Waals surface area contributed by atoms with Gasteiger partial charge in [-0.3, -0.25) is 9.48 Å². The molecule has 0 spiro atoms. The number of hydrogen-bond acceptors (Lipinski definition) is 2. The average molecular weight is 328 g/mol. The van der Waals surface area contributed by atoms with Gasteiger partial charge in [-0.05, 0) is 40.5 Å². The van der Waals surface area contributed by atoms with Crippen molar-refractivity contribution in [2.24, 2.45) is 0 Å². The summed E-state index contributed by atoms with van der Waals surface area (Å²) in [4.78, 5) is 12.2. The van der Waals surface area contributed by atoms with Crippen molar-refractivity contribution in [2.45, 2.75) is 19.9 Å². The molecule has 0 unspecified atom stereocenters. The third-order valence-corrected chi connectivity index (χ3v) is 3.74. The molecule has 0 atom stereocenters. The molecule has 0 bridgehead atoms. The average Bonchev–Trinajstić information content (AvgIpc) is 2.81. The minimum absolute atomic E-state index is 0.0466. The molecule has 0 aliphatic heterocycles. The first kappa shape index (κ1) is 13.3.